The van der Waals surface area contributed by atoms with Crippen LogP contribution in [0.15, 0.2) is 38.3 Å². The van der Waals surface area contributed by atoms with Gasteiger partial charge in [-0.2, -0.15) is 0 Å². The first-order valence-corrected chi connectivity index (χ1v) is 8.95. The fraction of sp³-hybridized carbons (Fsp3) is 0.167. The zero-order chi connectivity index (χ0) is 14.8. The van der Waals surface area contributed by atoms with Crippen LogP contribution in [0.25, 0.3) is 0 Å². The molecular formula is C12H11BrClNO3S2. The molecule has 0 amide bonds. The molecular weight excluding hydrogens is 386 g/mol. The van der Waals surface area contributed by atoms with Crippen LogP contribution in [-0.4, -0.2) is 15.5 Å². The summed E-state index contributed by atoms with van der Waals surface area (Å²) in [4.78, 5) is 0. The summed E-state index contributed by atoms with van der Waals surface area (Å²) in [7, 11) is -2.05. The van der Waals surface area contributed by atoms with Crippen molar-refractivity contribution in [1.29, 1.82) is 0 Å². The van der Waals surface area contributed by atoms with Crippen molar-refractivity contribution in [2.45, 2.75) is 10.8 Å². The quantitative estimate of drug-likeness (QED) is 0.827. The lowest BCUT2D eigenvalue weighted by atomic mass is 10.2. The summed E-state index contributed by atoms with van der Waals surface area (Å²) >= 11 is 10.1. The van der Waals surface area contributed by atoms with Gasteiger partial charge in [-0.25, -0.2) is 8.42 Å². The van der Waals surface area contributed by atoms with E-state index in [0.717, 1.165) is 16.9 Å². The molecule has 0 aliphatic heterocycles. The number of hydrogen-bond acceptors (Lipinski definition) is 4. The molecule has 0 aliphatic carbocycles. The Bertz CT molecular complexity index is 696. The highest BCUT2D eigenvalue weighted by atomic mass is 79.9. The minimum Gasteiger partial charge on any atom is -0.380 e. The van der Waals surface area contributed by atoms with Crippen LogP contribution >= 0.6 is 38.9 Å². The fourth-order valence-electron chi connectivity index (χ4n) is 1.56. The maximum absolute atomic E-state index is 12.2. The molecule has 0 fully saturated rings. The smallest absolute Gasteiger partial charge is 0.271 e. The van der Waals surface area contributed by atoms with Crippen molar-refractivity contribution in [3.8, 4) is 0 Å². The van der Waals surface area contributed by atoms with Gasteiger partial charge in [-0.3, -0.25) is 4.72 Å². The summed E-state index contributed by atoms with van der Waals surface area (Å²) in [6, 6.07) is 8.45. The van der Waals surface area contributed by atoms with E-state index in [1.54, 1.807) is 25.3 Å². The van der Waals surface area contributed by atoms with Crippen LogP contribution in [-0.2, 0) is 21.4 Å². The maximum Gasteiger partial charge on any atom is 0.271 e. The molecule has 8 heteroatoms. The Morgan fingerprint density at radius 1 is 1.40 bits per heavy atom. The number of nitrogens with one attached hydrogen (secondary N) is 1. The molecule has 20 heavy (non-hydrogen) atoms. The molecule has 2 aromatic rings. The normalized spacial score (nSPS) is 11.6. The van der Waals surface area contributed by atoms with Crippen molar-refractivity contribution in [2.24, 2.45) is 0 Å². The van der Waals surface area contributed by atoms with Gasteiger partial charge in [0.2, 0.25) is 0 Å². The van der Waals surface area contributed by atoms with Gasteiger partial charge in [-0.1, -0.05) is 23.7 Å². The summed E-state index contributed by atoms with van der Waals surface area (Å²) in [6.07, 6.45) is 0. The average molecular weight is 397 g/mol. The topological polar surface area (TPSA) is 55.4 Å². The summed E-state index contributed by atoms with van der Waals surface area (Å²) in [5, 5.41) is 0.378. The number of thiophene rings is 1. The second kappa shape index (κ2) is 6.44. The molecule has 1 heterocycles. The van der Waals surface area contributed by atoms with Crippen LogP contribution in [0.4, 0.5) is 5.69 Å². The predicted molar refractivity (Wildman–Crippen MR) is 85.0 cm³/mol. The molecule has 0 saturated carbocycles. The molecule has 1 N–H and O–H groups in total. The zero-order valence-electron chi connectivity index (χ0n) is 10.4. The number of anilines is 1. The molecule has 0 bridgehead atoms. The second-order valence-corrected chi connectivity index (χ2v) is 8.61. The summed E-state index contributed by atoms with van der Waals surface area (Å²) in [5.74, 6) is 0. The van der Waals surface area contributed by atoms with Gasteiger partial charge >= 0.3 is 0 Å². The van der Waals surface area contributed by atoms with Crippen molar-refractivity contribution in [1.82, 2.24) is 0 Å². The molecule has 0 saturated heterocycles. The van der Waals surface area contributed by atoms with Gasteiger partial charge in [0.15, 0.2) is 0 Å². The van der Waals surface area contributed by atoms with Gasteiger partial charge in [0.1, 0.15) is 4.21 Å². The Morgan fingerprint density at radius 2 is 2.15 bits per heavy atom. The molecule has 0 atom stereocenters. The van der Waals surface area contributed by atoms with Gasteiger partial charge < -0.3 is 4.74 Å². The van der Waals surface area contributed by atoms with E-state index in [1.807, 2.05) is 6.07 Å². The lowest BCUT2D eigenvalue weighted by molar-refractivity contribution is 0.185. The monoisotopic (exact) mass is 395 g/mol. The number of ether oxygens (including phenoxy) is 1. The van der Waals surface area contributed by atoms with Crippen molar-refractivity contribution < 1.29 is 13.2 Å². The van der Waals surface area contributed by atoms with Crippen LogP contribution in [0, 0.1) is 0 Å². The SMILES string of the molecule is COCc1cccc(NS(=O)(=O)c2cc(Cl)c(Br)s2)c1. The van der Waals surface area contributed by atoms with Crippen molar-refractivity contribution in [2.75, 3.05) is 11.8 Å². The average Bonchev–Trinajstić information content (AvgIpc) is 2.71. The third-order valence-corrected chi connectivity index (χ3v) is 6.71. The molecule has 0 radical (unpaired) electrons. The number of sulfonamides is 1. The maximum atomic E-state index is 12.2. The van der Waals surface area contributed by atoms with Crippen LogP contribution in [0.1, 0.15) is 5.56 Å². The van der Waals surface area contributed by atoms with Crippen molar-refractivity contribution in [3.05, 3.63) is 44.7 Å². The Balaban J connectivity index is 2.26. The first-order valence-electron chi connectivity index (χ1n) is 5.48. The second-order valence-electron chi connectivity index (χ2n) is 3.93. The number of hydrogen-bond donors (Lipinski definition) is 1. The third kappa shape index (κ3) is 3.73. The van der Waals surface area contributed by atoms with Gasteiger partial charge in [-0.15, -0.1) is 11.3 Å². The van der Waals surface area contributed by atoms with E-state index in [4.69, 9.17) is 16.3 Å². The van der Waals surface area contributed by atoms with E-state index in [-0.39, 0.29) is 4.21 Å². The van der Waals surface area contributed by atoms with Crippen LogP contribution in [0.2, 0.25) is 5.02 Å². The lowest BCUT2D eigenvalue weighted by Crippen LogP contribution is -2.11. The lowest BCUT2D eigenvalue weighted by Gasteiger charge is -2.07. The number of halogens is 2. The van der Waals surface area contributed by atoms with Crippen LogP contribution < -0.4 is 4.72 Å². The number of methoxy groups -OCH3 is 1. The predicted octanol–water partition coefficient (Wildman–Crippen LogP) is 4.11. The fourth-order valence-corrected chi connectivity index (χ4v) is 5.00. The van der Waals surface area contributed by atoms with E-state index in [0.29, 0.717) is 21.1 Å². The minimum absolute atomic E-state index is 0.159. The Morgan fingerprint density at radius 3 is 2.75 bits per heavy atom. The molecule has 0 aliphatic rings. The van der Waals surface area contributed by atoms with E-state index in [2.05, 4.69) is 20.7 Å². The van der Waals surface area contributed by atoms with E-state index in [9.17, 15) is 8.42 Å². The third-order valence-electron chi connectivity index (χ3n) is 2.38. The van der Waals surface area contributed by atoms with Crippen LogP contribution in [0.3, 0.4) is 0 Å². The molecule has 4 nitrogen and oxygen atoms in total. The van der Waals surface area contributed by atoms with Gasteiger partial charge in [0.05, 0.1) is 15.4 Å². The highest BCUT2D eigenvalue weighted by Crippen LogP contribution is 2.35. The van der Waals surface area contributed by atoms with Crippen molar-refractivity contribution >= 4 is 54.6 Å². The van der Waals surface area contributed by atoms with Gasteiger partial charge in [-0.05, 0) is 39.7 Å². The Kier molecular flexibility index (Phi) is 5.09. The summed E-state index contributed by atoms with van der Waals surface area (Å²) in [6.45, 7) is 0.423. The molecule has 2 rings (SSSR count). The summed E-state index contributed by atoms with van der Waals surface area (Å²) < 4.78 is 32.7. The highest BCUT2D eigenvalue weighted by molar-refractivity contribution is 9.11. The van der Waals surface area contributed by atoms with E-state index >= 15 is 0 Å². The summed E-state index contributed by atoms with van der Waals surface area (Å²) in [5.41, 5.74) is 1.37. The van der Waals surface area contributed by atoms with E-state index < -0.39 is 10.0 Å². The molecule has 1 aromatic heterocycles. The minimum atomic E-state index is -3.63. The number of rotatable bonds is 5. The number of benzene rings is 1. The first-order chi connectivity index (χ1) is 9.42. The Hall–Kier alpha value is -0.600. The van der Waals surface area contributed by atoms with Crippen molar-refractivity contribution in [3.63, 3.8) is 0 Å². The zero-order valence-corrected chi connectivity index (χ0v) is 14.4. The molecule has 108 valence electrons. The molecule has 0 unspecified atom stereocenters. The first kappa shape index (κ1) is 15.8. The Labute approximate surface area is 134 Å². The van der Waals surface area contributed by atoms with Gasteiger partial charge in [0.25, 0.3) is 10.0 Å². The van der Waals surface area contributed by atoms with E-state index in [1.165, 1.54) is 6.07 Å². The molecule has 1 aromatic carbocycles. The van der Waals surface area contributed by atoms with Crippen LogP contribution in [0.5, 0.6) is 0 Å². The standard InChI is InChI=1S/C12H11BrClNO3S2/c1-18-7-8-3-2-4-9(5-8)15-20(16,17)11-6-10(14)12(13)19-11/h2-6,15H,7H2,1H3. The largest absolute Gasteiger partial charge is 0.380 e. The van der Waals surface area contributed by atoms with Gasteiger partial charge in [0, 0.05) is 12.8 Å². The molecule has 0 spiro atoms. The highest BCUT2D eigenvalue weighted by Gasteiger charge is 2.19.